The van der Waals surface area contributed by atoms with Crippen LogP contribution in [-0.4, -0.2) is 23.8 Å². The maximum absolute atomic E-state index is 11.6. The van der Waals surface area contributed by atoms with Crippen molar-refractivity contribution in [1.29, 1.82) is 0 Å². The Labute approximate surface area is 141 Å². The molecule has 0 saturated heterocycles. The van der Waals surface area contributed by atoms with Gasteiger partial charge in [0.2, 0.25) is 0 Å². The minimum absolute atomic E-state index is 0.551. The van der Waals surface area contributed by atoms with Crippen LogP contribution in [0.25, 0.3) is 0 Å². The number of hydrogen-bond donors (Lipinski definition) is 3. The average molecular weight is 329 g/mol. The molecule has 1 amide bonds. The van der Waals surface area contributed by atoms with Crippen molar-refractivity contribution >= 4 is 23.2 Å². The molecule has 128 valence electrons. The Balaban J connectivity index is 2.32. The first-order valence-corrected chi connectivity index (χ1v) is 7.60. The fourth-order valence-corrected chi connectivity index (χ4v) is 2.42. The molecule has 0 fully saturated rings. The van der Waals surface area contributed by atoms with Gasteiger partial charge < -0.3 is 20.9 Å². The molecule has 0 bridgehead atoms. The zero-order valence-corrected chi connectivity index (χ0v) is 14.3. The van der Waals surface area contributed by atoms with Crippen LogP contribution in [0.5, 0.6) is 11.5 Å². The molecule has 24 heavy (non-hydrogen) atoms. The van der Waals surface area contributed by atoms with Crippen LogP contribution in [0.3, 0.4) is 0 Å². The molecular weight excluding hydrogens is 306 g/mol. The lowest BCUT2D eigenvalue weighted by molar-refractivity contribution is 0.195. The largest absolute Gasteiger partial charge is 0.465 e. The standard InChI is InChI=1S/C18H23N3O3/c1-18(2,3)21(17(22)23)12-6-5-7-13(10-12)24-14-8-9-15(19)16(11-14)20-4/h5-11,20H,19H2,1-4H3,(H,22,23). The van der Waals surface area contributed by atoms with Crippen LogP contribution in [-0.2, 0) is 0 Å². The molecule has 2 aromatic carbocycles. The van der Waals surface area contributed by atoms with Gasteiger partial charge in [0, 0.05) is 24.7 Å². The van der Waals surface area contributed by atoms with Gasteiger partial charge in [-0.1, -0.05) is 6.07 Å². The Hall–Kier alpha value is -2.89. The maximum Gasteiger partial charge on any atom is 0.412 e. The highest BCUT2D eigenvalue weighted by atomic mass is 16.5. The Morgan fingerprint density at radius 1 is 1.17 bits per heavy atom. The highest BCUT2D eigenvalue weighted by Crippen LogP contribution is 2.32. The molecule has 0 aliphatic carbocycles. The van der Waals surface area contributed by atoms with E-state index in [-0.39, 0.29) is 0 Å². The fraction of sp³-hybridized carbons (Fsp3) is 0.278. The number of nitrogens with two attached hydrogens (primary N) is 1. The van der Waals surface area contributed by atoms with Gasteiger partial charge in [-0.05, 0) is 45.0 Å². The molecule has 0 heterocycles. The molecule has 6 heteroatoms. The summed E-state index contributed by atoms with van der Waals surface area (Å²) < 4.78 is 5.84. The summed E-state index contributed by atoms with van der Waals surface area (Å²) in [7, 11) is 1.78. The predicted octanol–water partition coefficient (Wildman–Crippen LogP) is 4.39. The van der Waals surface area contributed by atoms with Crippen molar-refractivity contribution in [1.82, 2.24) is 0 Å². The summed E-state index contributed by atoms with van der Waals surface area (Å²) in [4.78, 5) is 12.9. The van der Waals surface area contributed by atoms with E-state index in [4.69, 9.17) is 10.5 Å². The number of nitrogens with one attached hydrogen (secondary N) is 1. The van der Waals surface area contributed by atoms with Crippen molar-refractivity contribution < 1.29 is 14.6 Å². The molecule has 0 aliphatic rings. The van der Waals surface area contributed by atoms with Crippen molar-refractivity contribution in [2.45, 2.75) is 26.3 Å². The summed E-state index contributed by atoms with van der Waals surface area (Å²) >= 11 is 0. The SMILES string of the molecule is CNc1cc(Oc2cccc(N(C(=O)O)C(C)(C)C)c2)ccc1N. The summed E-state index contributed by atoms with van der Waals surface area (Å²) in [5.74, 6) is 1.16. The third-order valence-electron chi connectivity index (χ3n) is 3.47. The molecule has 0 saturated carbocycles. The maximum atomic E-state index is 11.6. The monoisotopic (exact) mass is 329 g/mol. The van der Waals surface area contributed by atoms with E-state index < -0.39 is 11.6 Å². The zero-order chi connectivity index (χ0) is 17.9. The molecule has 0 aliphatic heterocycles. The van der Waals surface area contributed by atoms with Crippen molar-refractivity contribution in [2.75, 3.05) is 23.0 Å². The first-order valence-electron chi connectivity index (χ1n) is 7.60. The van der Waals surface area contributed by atoms with Crippen LogP contribution >= 0.6 is 0 Å². The smallest absolute Gasteiger partial charge is 0.412 e. The van der Waals surface area contributed by atoms with Gasteiger partial charge in [-0.15, -0.1) is 0 Å². The number of carboxylic acid groups (broad SMARTS) is 1. The van der Waals surface area contributed by atoms with Gasteiger partial charge in [-0.2, -0.15) is 0 Å². The summed E-state index contributed by atoms with van der Waals surface area (Å²) in [6.07, 6.45) is -1.01. The van der Waals surface area contributed by atoms with Gasteiger partial charge in [0.05, 0.1) is 17.1 Å². The van der Waals surface area contributed by atoms with Crippen LogP contribution in [0.4, 0.5) is 21.9 Å². The number of ether oxygens (including phenoxy) is 1. The first-order chi connectivity index (χ1) is 11.2. The molecule has 0 radical (unpaired) electrons. The quantitative estimate of drug-likeness (QED) is 0.724. The van der Waals surface area contributed by atoms with Gasteiger partial charge >= 0.3 is 6.09 Å². The lowest BCUT2D eigenvalue weighted by atomic mass is 10.1. The van der Waals surface area contributed by atoms with Gasteiger partial charge in [-0.25, -0.2) is 4.79 Å². The molecule has 0 atom stereocenters. The highest BCUT2D eigenvalue weighted by molar-refractivity contribution is 5.87. The Kier molecular flexibility index (Phi) is 4.87. The van der Waals surface area contributed by atoms with Gasteiger partial charge in [0.1, 0.15) is 11.5 Å². The zero-order valence-electron chi connectivity index (χ0n) is 14.3. The van der Waals surface area contributed by atoms with E-state index in [1.165, 1.54) is 4.90 Å². The minimum atomic E-state index is -1.01. The molecule has 4 N–H and O–H groups in total. The average Bonchev–Trinajstić information content (AvgIpc) is 2.48. The van der Waals surface area contributed by atoms with Crippen LogP contribution in [0.1, 0.15) is 20.8 Å². The van der Waals surface area contributed by atoms with Crippen LogP contribution in [0, 0.1) is 0 Å². The second kappa shape index (κ2) is 6.70. The number of nitrogen functional groups attached to an aromatic ring is 1. The number of benzene rings is 2. The number of amides is 1. The second-order valence-corrected chi connectivity index (χ2v) is 6.39. The van der Waals surface area contributed by atoms with Crippen molar-refractivity contribution in [2.24, 2.45) is 0 Å². The lowest BCUT2D eigenvalue weighted by Crippen LogP contribution is -2.45. The fourth-order valence-electron chi connectivity index (χ4n) is 2.42. The molecule has 2 rings (SSSR count). The summed E-state index contributed by atoms with van der Waals surface area (Å²) in [6.45, 7) is 5.52. The molecule has 2 aromatic rings. The number of rotatable bonds is 4. The van der Waals surface area contributed by atoms with E-state index in [9.17, 15) is 9.90 Å². The van der Waals surface area contributed by atoms with E-state index >= 15 is 0 Å². The van der Waals surface area contributed by atoms with Gasteiger partial charge in [0.25, 0.3) is 0 Å². The topological polar surface area (TPSA) is 87.8 Å². The van der Waals surface area contributed by atoms with Crippen molar-refractivity contribution in [3.8, 4) is 11.5 Å². The second-order valence-electron chi connectivity index (χ2n) is 6.39. The lowest BCUT2D eigenvalue weighted by Gasteiger charge is -2.33. The number of carbonyl (C=O) groups is 1. The Morgan fingerprint density at radius 3 is 2.42 bits per heavy atom. The predicted molar refractivity (Wildman–Crippen MR) is 97.2 cm³/mol. The summed E-state index contributed by atoms with van der Waals surface area (Å²) in [5, 5.41) is 12.5. The van der Waals surface area contributed by atoms with Crippen LogP contribution in [0.2, 0.25) is 0 Å². The Morgan fingerprint density at radius 2 is 1.83 bits per heavy atom. The van der Waals surface area contributed by atoms with E-state index in [0.29, 0.717) is 22.9 Å². The molecule has 0 aromatic heterocycles. The summed E-state index contributed by atoms with van der Waals surface area (Å²) in [5.41, 5.74) is 7.23. The third-order valence-corrected chi connectivity index (χ3v) is 3.47. The number of nitrogens with zero attached hydrogens (tertiary/aromatic N) is 1. The van der Waals surface area contributed by atoms with E-state index in [2.05, 4.69) is 5.32 Å². The first kappa shape index (κ1) is 17.5. The Bertz CT molecular complexity index is 739. The van der Waals surface area contributed by atoms with E-state index in [0.717, 1.165) is 5.69 Å². The molecule has 0 spiro atoms. The highest BCUT2D eigenvalue weighted by Gasteiger charge is 2.28. The summed E-state index contributed by atoms with van der Waals surface area (Å²) in [6, 6.07) is 12.3. The minimum Gasteiger partial charge on any atom is -0.465 e. The number of anilines is 3. The number of hydrogen-bond acceptors (Lipinski definition) is 4. The molecular formula is C18H23N3O3. The molecule has 6 nitrogen and oxygen atoms in total. The molecule has 0 unspecified atom stereocenters. The van der Waals surface area contributed by atoms with Crippen LogP contribution in [0.15, 0.2) is 42.5 Å². The van der Waals surface area contributed by atoms with Crippen molar-refractivity contribution in [3.63, 3.8) is 0 Å². The van der Waals surface area contributed by atoms with E-state index in [1.54, 1.807) is 49.5 Å². The third kappa shape index (κ3) is 3.90. The van der Waals surface area contributed by atoms with Crippen molar-refractivity contribution in [3.05, 3.63) is 42.5 Å². The van der Waals surface area contributed by atoms with E-state index in [1.807, 2.05) is 20.8 Å². The normalized spacial score (nSPS) is 11.0. The van der Waals surface area contributed by atoms with Gasteiger partial charge in [-0.3, -0.25) is 4.90 Å². The van der Waals surface area contributed by atoms with Crippen LogP contribution < -0.4 is 20.7 Å². The van der Waals surface area contributed by atoms with Gasteiger partial charge in [0.15, 0.2) is 0 Å².